The molecular formula is C16H26O3. The topological polar surface area (TPSA) is 38.7 Å². The lowest BCUT2D eigenvalue weighted by atomic mass is 10.0. The van der Waals surface area contributed by atoms with Crippen molar-refractivity contribution < 1.29 is 14.6 Å². The van der Waals surface area contributed by atoms with E-state index in [4.69, 9.17) is 9.47 Å². The van der Waals surface area contributed by atoms with Gasteiger partial charge in [-0.15, -0.1) is 0 Å². The van der Waals surface area contributed by atoms with E-state index in [-0.39, 0.29) is 19.0 Å². The third-order valence-corrected chi connectivity index (χ3v) is 3.06. The van der Waals surface area contributed by atoms with Gasteiger partial charge in [-0.2, -0.15) is 0 Å². The molecule has 0 aliphatic carbocycles. The van der Waals surface area contributed by atoms with Gasteiger partial charge in [-0.1, -0.05) is 57.0 Å². The average molecular weight is 266 g/mol. The predicted molar refractivity (Wildman–Crippen MR) is 76.8 cm³/mol. The third-order valence-electron chi connectivity index (χ3n) is 3.06. The molecule has 19 heavy (non-hydrogen) atoms. The molecule has 0 saturated carbocycles. The number of benzene rings is 1. The quantitative estimate of drug-likeness (QED) is 0.520. The molecule has 1 N–H and O–H groups in total. The van der Waals surface area contributed by atoms with Crippen LogP contribution in [-0.4, -0.2) is 24.1 Å². The molecule has 2 atom stereocenters. The maximum atomic E-state index is 9.98. The normalized spacial score (nSPS) is 14.3. The Morgan fingerprint density at radius 2 is 1.74 bits per heavy atom. The molecule has 3 heteroatoms. The summed E-state index contributed by atoms with van der Waals surface area (Å²) in [6, 6.07) is 10.0. The smallest absolute Gasteiger partial charge is 0.147 e. The molecule has 3 nitrogen and oxygen atoms in total. The minimum Gasteiger partial charge on any atom is -0.390 e. The van der Waals surface area contributed by atoms with Crippen LogP contribution >= 0.6 is 0 Å². The second kappa shape index (κ2) is 9.96. The van der Waals surface area contributed by atoms with E-state index in [9.17, 15) is 5.11 Å². The maximum Gasteiger partial charge on any atom is 0.147 e. The summed E-state index contributed by atoms with van der Waals surface area (Å²) >= 11 is 0. The van der Waals surface area contributed by atoms with Crippen molar-refractivity contribution in [3.63, 3.8) is 0 Å². The molecule has 0 saturated heterocycles. The molecule has 108 valence electrons. The summed E-state index contributed by atoms with van der Waals surface area (Å²) < 4.78 is 11.1. The van der Waals surface area contributed by atoms with Crippen LogP contribution in [0, 0.1) is 0 Å². The van der Waals surface area contributed by atoms with Crippen molar-refractivity contribution in [2.45, 2.75) is 58.3 Å². The zero-order valence-electron chi connectivity index (χ0n) is 12.0. The number of aliphatic hydroxyl groups is 1. The first-order chi connectivity index (χ1) is 9.27. The van der Waals surface area contributed by atoms with Crippen molar-refractivity contribution in [1.29, 1.82) is 0 Å². The van der Waals surface area contributed by atoms with Crippen molar-refractivity contribution in [2.24, 2.45) is 0 Å². The highest BCUT2D eigenvalue weighted by Gasteiger charge is 2.18. The van der Waals surface area contributed by atoms with E-state index in [1.807, 2.05) is 30.3 Å². The molecule has 0 heterocycles. The van der Waals surface area contributed by atoms with Gasteiger partial charge in [0.15, 0.2) is 0 Å². The minimum absolute atomic E-state index is 0.110. The summed E-state index contributed by atoms with van der Waals surface area (Å²) in [6.45, 7) is 4.95. The van der Waals surface area contributed by atoms with Gasteiger partial charge in [0.25, 0.3) is 0 Å². The van der Waals surface area contributed by atoms with Gasteiger partial charge in [0.2, 0.25) is 0 Å². The van der Waals surface area contributed by atoms with E-state index < -0.39 is 0 Å². The van der Waals surface area contributed by atoms with Gasteiger partial charge in [-0.05, 0) is 18.4 Å². The Labute approximate surface area is 116 Å². The summed E-state index contributed by atoms with van der Waals surface area (Å²) in [5.41, 5.74) is 1.13. The Kier molecular flexibility index (Phi) is 8.47. The van der Waals surface area contributed by atoms with Crippen molar-refractivity contribution in [1.82, 2.24) is 0 Å². The first kappa shape index (κ1) is 16.2. The van der Waals surface area contributed by atoms with E-state index in [0.29, 0.717) is 6.61 Å². The first-order valence-corrected chi connectivity index (χ1v) is 7.19. The Morgan fingerprint density at radius 1 is 1.05 bits per heavy atom. The maximum absolute atomic E-state index is 9.98. The molecule has 1 aromatic carbocycles. The van der Waals surface area contributed by atoms with Crippen molar-refractivity contribution in [3.05, 3.63) is 35.9 Å². The molecule has 0 aliphatic heterocycles. The van der Waals surface area contributed by atoms with Crippen molar-refractivity contribution in [2.75, 3.05) is 6.79 Å². The summed E-state index contributed by atoms with van der Waals surface area (Å²) in [7, 11) is 0. The molecule has 0 aliphatic rings. The lowest BCUT2D eigenvalue weighted by Gasteiger charge is -2.22. The summed E-state index contributed by atoms with van der Waals surface area (Å²) in [6.07, 6.45) is 3.13. The van der Waals surface area contributed by atoms with Crippen LogP contribution in [0.3, 0.4) is 0 Å². The number of hydrogen-bond donors (Lipinski definition) is 1. The molecule has 1 aromatic rings. The fourth-order valence-corrected chi connectivity index (χ4v) is 2.02. The van der Waals surface area contributed by atoms with Gasteiger partial charge >= 0.3 is 0 Å². The Bertz CT molecular complexity index is 313. The fourth-order valence-electron chi connectivity index (χ4n) is 2.02. The van der Waals surface area contributed by atoms with Crippen molar-refractivity contribution in [3.8, 4) is 0 Å². The van der Waals surface area contributed by atoms with Crippen LogP contribution in [-0.2, 0) is 16.1 Å². The largest absolute Gasteiger partial charge is 0.390 e. The van der Waals surface area contributed by atoms with Crippen LogP contribution in [0.4, 0.5) is 0 Å². The van der Waals surface area contributed by atoms with Crippen LogP contribution in [0.15, 0.2) is 30.3 Å². The number of hydrogen-bond acceptors (Lipinski definition) is 3. The molecule has 0 unspecified atom stereocenters. The van der Waals surface area contributed by atoms with E-state index >= 15 is 0 Å². The van der Waals surface area contributed by atoms with E-state index in [1.54, 1.807) is 0 Å². The minimum atomic E-state index is -0.384. The van der Waals surface area contributed by atoms with Crippen molar-refractivity contribution >= 4 is 0 Å². The second-order valence-corrected chi connectivity index (χ2v) is 4.80. The van der Waals surface area contributed by atoms with E-state index in [1.165, 1.54) is 0 Å². The predicted octanol–water partition coefficient (Wildman–Crippen LogP) is 3.51. The second-order valence-electron chi connectivity index (χ2n) is 4.80. The van der Waals surface area contributed by atoms with Gasteiger partial charge in [0.1, 0.15) is 6.79 Å². The van der Waals surface area contributed by atoms with E-state index in [2.05, 4.69) is 13.8 Å². The Morgan fingerprint density at radius 3 is 2.37 bits per heavy atom. The molecular weight excluding hydrogens is 240 g/mol. The van der Waals surface area contributed by atoms with Gasteiger partial charge in [-0.25, -0.2) is 0 Å². The standard InChI is InChI=1S/C16H26O3/c1-3-8-15(17)16(9-4-2)19-13-18-12-14-10-6-5-7-11-14/h5-7,10-11,15-17H,3-4,8-9,12-13H2,1-2H3/t15-,16+/m0/s1. The Hall–Kier alpha value is -0.900. The highest BCUT2D eigenvalue weighted by atomic mass is 16.7. The number of rotatable bonds is 10. The van der Waals surface area contributed by atoms with E-state index in [0.717, 1.165) is 31.2 Å². The van der Waals surface area contributed by atoms with Gasteiger partial charge in [0.05, 0.1) is 18.8 Å². The summed E-state index contributed by atoms with van der Waals surface area (Å²) in [4.78, 5) is 0. The molecule has 0 amide bonds. The highest BCUT2D eigenvalue weighted by molar-refractivity contribution is 5.13. The molecule has 0 aromatic heterocycles. The lowest BCUT2D eigenvalue weighted by Crippen LogP contribution is -2.29. The summed E-state index contributed by atoms with van der Waals surface area (Å²) in [5.74, 6) is 0. The van der Waals surface area contributed by atoms with Crippen LogP contribution < -0.4 is 0 Å². The molecule has 0 spiro atoms. The van der Waals surface area contributed by atoms with Gasteiger partial charge in [0, 0.05) is 0 Å². The molecule has 0 fully saturated rings. The molecule has 1 rings (SSSR count). The number of ether oxygens (including phenoxy) is 2. The van der Waals surface area contributed by atoms with Crippen LogP contribution in [0.2, 0.25) is 0 Å². The fraction of sp³-hybridized carbons (Fsp3) is 0.625. The SMILES string of the molecule is CCC[C@H](O)[C@@H](CCC)OCOCc1ccccc1. The van der Waals surface area contributed by atoms with Gasteiger partial charge < -0.3 is 14.6 Å². The lowest BCUT2D eigenvalue weighted by molar-refractivity contribution is -0.132. The first-order valence-electron chi connectivity index (χ1n) is 7.19. The Balaban J connectivity index is 2.24. The monoisotopic (exact) mass is 266 g/mol. The molecule has 0 bridgehead atoms. The zero-order chi connectivity index (χ0) is 13.9. The number of aliphatic hydroxyl groups excluding tert-OH is 1. The highest BCUT2D eigenvalue weighted by Crippen LogP contribution is 2.12. The van der Waals surface area contributed by atoms with Crippen LogP contribution in [0.1, 0.15) is 45.1 Å². The van der Waals surface area contributed by atoms with Crippen LogP contribution in [0.5, 0.6) is 0 Å². The average Bonchev–Trinajstić information content (AvgIpc) is 2.43. The van der Waals surface area contributed by atoms with Crippen LogP contribution in [0.25, 0.3) is 0 Å². The van der Waals surface area contributed by atoms with Gasteiger partial charge in [-0.3, -0.25) is 0 Å². The molecule has 0 radical (unpaired) electrons. The summed E-state index contributed by atoms with van der Waals surface area (Å²) in [5, 5.41) is 9.98. The third kappa shape index (κ3) is 6.71. The zero-order valence-corrected chi connectivity index (χ0v) is 12.0.